The Morgan fingerprint density at radius 3 is 2.65 bits per heavy atom. The molecule has 0 aliphatic rings. The van der Waals surface area contributed by atoms with E-state index in [2.05, 4.69) is 31.1 Å². The zero-order chi connectivity index (χ0) is 12.9. The molecule has 0 saturated heterocycles. The summed E-state index contributed by atoms with van der Waals surface area (Å²) in [6.45, 7) is 7.95. The fourth-order valence-electron chi connectivity index (χ4n) is 1.33. The van der Waals surface area contributed by atoms with Gasteiger partial charge in [-0.3, -0.25) is 0 Å². The topological polar surface area (TPSA) is 34.2 Å². The minimum atomic E-state index is 0.262. The summed E-state index contributed by atoms with van der Waals surface area (Å²) in [4.78, 5) is 4.22. The number of nitrogens with zero attached hydrogens (tertiary/aromatic N) is 1. The van der Waals surface area contributed by atoms with E-state index in [1.165, 1.54) is 0 Å². The second-order valence-corrected chi connectivity index (χ2v) is 5.73. The first-order chi connectivity index (χ1) is 7.92. The normalized spacial score (nSPS) is 11.6. The van der Waals surface area contributed by atoms with Gasteiger partial charge in [-0.15, -0.1) is 0 Å². The molecule has 0 unspecified atom stereocenters. The molecule has 0 bridgehead atoms. The molecule has 0 amide bonds. The maximum Gasteiger partial charge on any atom is 0.232 e. The summed E-state index contributed by atoms with van der Waals surface area (Å²) in [6, 6.07) is 1.89. The SMILES string of the molecule is CNCc1cnc(OCCC(C)(C)C)c(Cl)c1. The molecule has 0 aliphatic heterocycles. The van der Waals surface area contributed by atoms with Crippen molar-refractivity contribution in [3.05, 3.63) is 22.8 Å². The highest BCUT2D eigenvalue weighted by Gasteiger charge is 2.11. The standard InChI is InChI=1S/C13H21ClN2O/c1-13(2,3)5-6-17-12-11(14)7-10(8-15-4)9-16-12/h7,9,15H,5-6,8H2,1-4H3. The number of rotatable bonds is 5. The van der Waals surface area contributed by atoms with Gasteiger partial charge in [-0.2, -0.15) is 0 Å². The summed E-state index contributed by atoms with van der Waals surface area (Å²) in [6.07, 6.45) is 2.76. The largest absolute Gasteiger partial charge is 0.477 e. The second kappa shape index (κ2) is 6.22. The number of pyridine rings is 1. The molecule has 0 aromatic carbocycles. The van der Waals surface area contributed by atoms with Crippen molar-refractivity contribution in [2.75, 3.05) is 13.7 Å². The average molecular weight is 257 g/mol. The Morgan fingerprint density at radius 2 is 2.12 bits per heavy atom. The van der Waals surface area contributed by atoms with E-state index in [4.69, 9.17) is 16.3 Å². The average Bonchev–Trinajstić information content (AvgIpc) is 2.20. The summed E-state index contributed by atoms with van der Waals surface area (Å²) in [7, 11) is 1.89. The predicted octanol–water partition coefficient (Wildman–Crippen LogP) is 3.27. The van der Waals surface area contributed by atoms with Gasteiger partial charge in [0.1, 0.15) is 5.02 Å². The van der Waals surface area contributed by atoms with Crippen LogP contribution in [0.25, 0.3) is 0 Å². The van der Waals surface area contributed by atoms with Crippen LogP contribution in [0.4, 0.5) is 0 Å². The van der Waals surface area contributed by atoms with Crippen LogP contribution in [0.3, 0.4) is 0 Å². The monoisotopic (exact) mass is 256 g/mol. The van der Waals surface area contributed by atoms with E-state index in [0.29, 0.717) is 17.5 Å². The molecule has 1 rings (SSSR count). The molecule has 1 aromatic heterocycles. The molecule has 0 aliphatic carbocycles. The number of nitrogens with one attached hydrogen (secondary N) is 1. The van der Waals surface area contributed by atoms with Gasteiger partial charge in [0.05, 0.1) is 6.61 Å². The smallest absolute Gasteiger partial charge is 0.232 e. The molecule has 0 spiro atoms. The minimum Gasteiger partial charge on any atom is -0.477 e. The summed E-state index contributed by atoms with van der Waals surface area (Å²) in [5.74, 6) is 0.524. The molecule has 3 nitrogen and oxygen atoms in total. The van der Waals surface area contributed by atoms with Gasteiger partial charge in [-0.05, 0) is 30.5 Å². The van der Waals surface area contributed by atoms with Crippen LogP contribution in [0, 0.1) is 5.41 Å². The van der Waals surface area contributed by atoms with Crippen molar-refractivity contribution in [1.82, 2.24) is 10.3 Å². The molecule has 96 valence electrons. The van der Waals surface area contributed by atoms with Gasteiger partial charge >= 0.3 is 0 Å². The van der Waals surface area contributed by atoms with Crippen LogP contribution in [0.2, 0.25) is 5.02 Å². The van der Waals surface area contributed by atoms with E-state index in [0.717, 1.165) is 18.5 Å². The second-order valence-electron chi connectivity index (χ2n) is 5.32. The van der Waals surface area contributed by atoms with E-state index in [9.17, 15) is 0 Å². The molecule has 1 heterocycles. The van der Waals surface area contributed by atoms with Crippen LogP contribution in [0.5, 0.6) is 5.88 Å². The lowest BCUT2D eigenvalue weighted by molar-refractivity contribution is 0.236. The van der Waals surface area contributed by atoms with Gasteiger partial charge in [-0.1, -0.05) is 32.4 Å². The predicted molar refractivity (Wildman–Crippen MR) is 71.6 cm³/mol. The number of hydrogen-bond donors (Lipinski definition) is 1. The summed E-state index contributed by atoms with van der Waals surface area (Å²) in [5.41, 5.74) is 1.32. The van der Waals surface area contributed by atoms with Crippen LogP contribution in [-0.2, 0) is 6.54 Å². The van der Waals surface area contributed by atoms with Crippen molar-refractivity contribution >= 4 is 11.6 Å². The fourth-order valence-corrected chi connectivity index (χ4v) is 1.57. The van der Waals surface area contributed by atoms with E-state index in [1.807, 2.05) is 13.1 Å². The first kappa shape index (κ1) is 14.3. The quantitative estimate of drug-likeness (QED) is 0.878. The molecule has 1 N–H and O–H groups in total. The molecule has 17 heavy (non-hydrogen) atoms. The maximum atomic E-state index is 6.10. The van der Waals surface area contributed by atoms with E-state index in [1.54, 1.807) is 6.20 Å². The lowest BCUT2D eigenvalue weighted by Gasteiger charge is -2.18. The first-order valence-corrected chi connectivity index (χ1v) is 6.22. The lowest BCUT2D eigenvalue weighted by Crippen LogP contribution is -2.12. The Morgan fingerprint density at radius 1 is 1.41 bits per heavy atom. The highest BCUT2D eigenvalue weighted by Crippen LogP contribution is 2.24. The Balaban J connectivity index is 2.54. The van der Waals surface area contributed by atoms with Crippen LogP contribution in [-0.4, -0.2) is 18.6 Å². The number of hydrogen-bond acceptors (Lipinski definition) is 3. The van der Waals surface area contributed by atoms with E-state index >= 15 is 0 Å². The highest BCUT2D eigenvalue weighted by molar-refractivity contribution is 6.31. The zero-order valence-corrected chi connectivity index (χ0v) is 11.8. The molecule has 0 radical (unpaired) electrons. The lowest BCUT2D eigenvalue weighted by atomic mass is 9.93. The maximum absolute atomic E-state index is 6.10. The number of ether oxygens (including phenoxy) is 1. The third-order valence-corrected chi connectivity index (χ3v) is 2.61. The highest BCUT2D eigenvalue weighted by atomic mass is 35.5. The summed E-state index contributed by atoms with van der Waals surface area (Å²) < 4.78 is 5.58. The zero-order valence-electron chi connectivity index (χ0n) is 11.0. The summed E-state index contributed by atoms with van der Waals surface area (Å²) in [5, 5.41) is 3.63. The van der Waals surface area contributed by atoms with Crippen LogP contribution in [0.1, 0.15) is 32.8 Å². The third kappa shape index (κ3) is 5.37. The molecular weight excluding hydrogens is 236 g/mol. The van der Waals surface area contributed by atoms with Gasteiger partial charge in [-0.25, -0.2) is 4.98 Å². The third-order valence-electron chi connectivity index (χ3n) is 2.34. The summed E-state index contributed by atoms with van der Waals surface area (Å²) >= 11 is 6.10. The van der Waals surface area contributed by atoms with Crippen LogP contribution < -0.4 is 10.1 Å². The molecule has 0 atom stereocenters. The molecule has 0 fully saturated rings. The Hall–Kier alpha value is -0.800. The van der Waals surface area contributed by atoms with Crippen molar-refractivity contribution < 1.29 is 4.74 Å². The Kier molecular flexibility index (Phi) is 5.22. The van der Waals surface area contributed by atoms with Crippen LogP contribution >= 0.6 is 11.6 Å². The van der Waals surface area contributed by atoms with E-state index in [-0.39, 0.29) is 5.41 Å². The van der Waals surface area contributed by atoms with Gasteiger partial charge < -0.3 is 10.1 Å². The van der Waals surface area contributed by atoms with Crippen molar-refractivity contribution in [2.45, 2.75) is 33.7 Å². The number of aromatic nitrogens is 1. The fraction of sp³-hybridized carbons (Fsp3) is 0.615. The van der Waals surface area contributed by atoms with Crippen molar-refractivity contribution in [3.8, 4) is 5.88 Å². The minimum absolute atomic E-state index is 0.262. The molecule has 4 heteroatoms. The molecule has 1 aromatic rings. The van der Waals surface area contributed by atoms with Crippen LogP contribution in [0.15, 0.2) is 12.3 Å². The van der Waals surface area contributed by atoms with E-state index < -0.39 is 0 Å². The van der Waals surface area contributed by atoms with Gasteiger partial charge in [0.2, 0.25) is 5.88 Å². The van der Waals surface area contributed by atoms with Crippen molar-refractivity contribution in [3.63, 3.8) is 0 Å². The number of halogens is 1. The first-order valence-electron chi connectivity index (χ1n) is 5.84. The van der Waals surface area contributed by atoms with Gasteiger partial charge in [0, 0.05) is 12.7 Å². The Labute approximate surface area is 109 Å². The van der Waals surface area contributed by atoms with Crippen molar-refractivity contribution in [2.24, 2.45) is 5.41 Å². The molecule has 0 saturated carbocycles. The van der Waals surface area contributed by atoms with Crippen molar-refractivity contribution in [1.29, 1.82) is 0 Å². The molecular formula is C13H21ClN2O. The van der Waals surface area contributed by atoms with Gasteiger partial charge in [0.15, 0.2) is 0 Å². The van der Waals surface area contributed by atoms with Gasteiger partial charge in [0.25, 0.3) is 0 Å². The Bertz CT molecular complexity index is 361.